The Bertz CT molecular complexity index is 611. The fourth-order valence-electron chi connectivity index (χ4n) is 2.65. The number of nitrogen functional groups attached to an aromatic ring is 1. The first-order valence-electron chi connectivity index (χ1n) is 6.91. The number of aryl methyl sites for hydroxylation is 1. The van der Waals surface area contributed by atoms with Gasteiger partial charge in [0, 0.05) is 6.54 Å². The first-order chi connectivity index (χ1) is 9.00. The van der Waals surface area contributed by atoms with E-state index < -0.39 is 0 Å². The van der Waals surface area contributed by atoms with E-state index >= 15 is 0 Å². The Morgan fingerprint density at radius 2 is 2.16 bits per heavy atom. The van der Waals surface area contributed by atoms with E-state index in [-0.39, 0.29) is 0 Å². The van der Waals surface area contributed by atoms with Crippen molar-refractivity contribution in [3.63, 3.8) is 0 Å². The summed E-state index contributed by atoms with van der Waals surface area (Å²) < 4.78 is 1.17. The van der Waals surface area contributed by atoms with Gasteiger partial charge in [-0.3, -0.25) is 0 Å². The van der Waals surface area contributed by atoms with Gasteiger partial charge in [0.15, 0.2) is 0 Å². The highest BCUT2D eigenvalue weighted by Crippen LogP contribution is 2.51. The van der Waals surface area contributed by atoms with Gasteiger partial charge >= 0.3 is 0 Å². The molecule has 19 heavy (non-hydrogen) atoms. The fourth-order valence-corrected chi connectivity index (χ4v) is 3.51. The van der Waals surface area contributed by atoms with Crippen molar-refractivity contribution in [3.8, 4) is 0 Å². The summed E-state index contributed by atoms with van der Waals surface area (Å²) in [6.45, 7) is 7.67. The Morgan fingerprint density at radius 3 is 2.79 bits per heavy atom. The van der Waals surface area contributed by atoms with Gasteiger partial charge in [0.1, 0.15) is 0 Å². The summed E-state index contributed by atoms with van der Waals surface area (Å²) in [7, 11) is 0. The summed E-state index contributed by atoms with van der Waals surface area (Å²) in [6, 6.07) is 4.13. The monoisotopic (exact) mass is 275 g/mol. The third-order valence-corrected chi connectivity index (χ3v) is 5.35. The minimum absolute atomic E-state index is 0.486. The van der Waals surface area contributed by atoms with Crippen LogP contribution in [-0.2, 0) is 0 Å². The summed E-state index contributed by atoms with van der Waals surface area (Å²) in [5.41, 5.74) is 9.53. The highest BCUT2D eigenvalue weighted by Gasteiger charge is 2.44. The van der Waals surface area contributed by atoms with Crippen LogP contribution in [0.2, 0.25) is 0 Å². The molecule has 0 spiro atoms. The molecule has 2 aromatic rings. The van der Waals surface area contributed by atoms with E-state index in [0.717, 1.165) is 34.4 Å². The van der Waals surface area contributed by atoms with Crippen LogP contribution in [0.3, 0.4) is 0 Å². The maximum atomic E-state index is 6.14. The molecule has 3 N–H and O–H groups in total. The molecule has 0 radical (unpaired) electrons. The van der Waals surface area contributed by atoms with Gasteiger partial charge in [0.25, 0.3) is 0 Å². The number of rotatable bonds is 4. The number of nitrogens with two attached hydrogens (primary N) is 1. The molecular formula is C15H21N3S. The molecule has 1 saturated carbocycles. The topological polar surface area (TPSA) is 50.9 Å². The number of nitrogens with one attached hydrogen (secondary N) is 1. The molecule has 3 rings (SSSR count). The lowest BCUT2D eigenvalue weighted by Gasteiger charge is -2.21. The van der Waals surface area contributed by atoms with Crippen LogP contribution in [0, 0.1) is 18.3 Å². The number of fused-ring (bicyclic) bond motifs is 1. The van der Waals surface area contributed by atoms with Crippen LogP contribution in [0.15, 0.2) is 12.1 Å². The van der Waals surface area contributed by atoms with Crippen LogP contribution >= 0.6 is 11.3 Å². The lowest BCUT2D eigenvalue weighted by atomic mass is 9.92. The number of anilines is 2. The second kappa shape index (κ2) is 4.37. The average molecular weight is 275 g/mol. The molecule has 4 heteroatoms. The van der Waals surface area contributed by atoms with Crippen LogP contribution in [0.25, 0.3) is 10.2 Å². The molecule has 1 aromatic heterocycles. The summed E-state index contributed by atoms with van der Waals surface area (Å²) in [4.78, 5) is 4.53. The zero-order chi connectivity index (χ0) is 13.6. The van der Waals surface area contributed by atoms with Crippen molar-refractivity contribution in [1.82, 2.24) is 4.98 Å². The number of hydrogen-bond donors (Lipinski definition) is 2. The van der Waals surface area contributed by atoms with Gasteiger partial charge in [-0.1, -0.05) is 13.8 Å². The minimum atomic E-state index is 0.486. The highest BCUT2D eigenvalue weighted by molar-refractivity contribution is 7.18. The Kier molecular flexibility index (Phi) is 2.93. The molecule has 0 saturated heterocycles. The van der Waals surface area contributed by atoms with Crippen molar-refractivity contribution in [2.45, 2.75) is 33.6 Å². The Morgan fingerprint density at radius 1 is 1.42 bits per heavy atom. The van der Waals surface area contributed by atoms with E-state index in [0.29, 0.717) is 5.41 Å². The molecule has 0 unspecified atom stereocenters. The molecular weight excluding hydrogens is 254 g/mol. The molecule has 0 atom stereocenters. The second-order valence-corrected chi connectivity index (χ2v) is 7.25. The molecule has 1 aromatic carbocycles. The summed E-state index contributed by atoms with van der Waals surface area (Å²) in [5, 5.41) is 4.63. The lowest BCUT2D eigenvalue weighted by molar-refractivity contribution is 0.380. The van der Waals surface area contributed by atoms with Gasteiger partial charge in [0.2, 0.25) is 0 Å². The highest BCUT2D eigenvalue weighted by atomic mass is 32.1. The van der Waals surface area contributed by atoms with Gasteiger partial charge in [-0.2, -0.15) is 0 Å². The predicted octanol–water partition coefficient (Wildman–Crippen LogP) is 4.04. The van der Waals surface area contributed by atoms with Crippen molar-refractivity contribution in [1.29, 1.82) is 0 Å². The normalized spacial score (nSPS) is 17.1. The number of nitrogens with zero attached hydrogens (tertiary/aromatic N) is 1. The molecule has 0 aliphatic heterocycles. The molecule has 0 amide bonds. The maximum Gasteiger partial charge on any atom is 0.0907 e. The lowest BCUT2D eigenvalue weighted by Crippen LogP contribution is -2.21. The van der Waals surface area contributed by atoms with Gasteiger partial charge in [-0.25, -0.2) is 4.98 Å². The van der Waals surface area contributed by atoms with Gasteiger partial charge in [0.05, 0.1) is 26.6 Å². The number of thiazole rings is 1. The van der Waals surface area contributed by atoms with Crippen LogP contribution in [0.4, 0.5) is 11.4 Å². The van der Waals surface area contributed by atoms with E-state index in [1.54, 1.807) is 11.3 Å². The molecule has 0 bridgehead atoms. The van der Waals surface area contributed by atoms with E-state index in [1.165, 1.54) is 17.5 Å². The van der Waals surface area contributed by atoms with Gasteiger partial charge in [-0.15, -0.1) is 11.3 Å². The minimum Gasteiger partial charge on any atom is -0.397 e. The van der Waals surface area contributed by atoms with Crippen LogP contribution < -0.4 is 11.1 Å². The third kappa shape index (κ3) is 2.29. The Hall–Kier alpha value is -1.29. The predicted molar refractivity (Wildman–Crippen MR) is 83.8 cm³/mol. The van der Waals surface area contributed by atoms with Crippen molar-refractivity contribution < 1.29 is 0 Å². The number of benzene rings is 1. The average Bonchev–Trinajstić information content (AvgIpc) is 3.04. The van der Waals surface area contributed by atoms with Crippen molar-refractivity contribution in [2.24, 2.45) is 11.3 Å². The van der Waals surface area contributed by atoms with Gasteiger partial charge < -0.3 is 11.1 Å². The second-order valence-electron chi connectivity index (χ2n) is 6.01. The van der Waals surface area contributed by atoms with E-state index in [1.807, 2.05) is 13.0 Å². The molecule has 102 valence electrons. The largest absolute Gasteiger partial charge is 0.397 e. The SMILES string of the molecule is Cc1nc2cc(NCC3(C(C)C)CC3)c(N)cc2s1. The van der Waals surface area contributed by atoms with E-state index in [4.69, 9.17) is 5.73 Å². The van der Waals surface area contributed by atoms with Crippen molar-refractivity contribution in [3.05, 3.63) is 17.1 Å². The molecule has 1 heterocycles. The molecule has 1 fully saturated rings. The Labute approximate surface area is 118 Å². The smallest absolute Gasteiger partial charge is 0.0907 e. The fraction of sp³-hybridized carbons (Fsp3) is 0.533. The van der Waals surface area contributed by atoms with Crippen LogP contribution in [0.1, 0.15) is 31.7 Å². The zero-order valence-corrected chi connectivity index (χ0v) is 12.6. The number of aromatic nitrogens is 1. The quantitative estimate of drug-likeness (QED) is 0.828. The zero-order valence-electron chi connectivity index (χ0n) is 11.8. The van der Waals surface area contributed by atoms with E-state index in [9.17, 15) is 0 Å². The van der Waals surface area contributed by atoms with Crippen molar-refractivity contribution in [2.75, 3.05) is 17.6 Å². The van der Waals surface area contributed by atoms with E-state index in [2.05, 4.69) is 30.2 Å². The molecule has 1 aliphatic rings. The molecule has 1 aliphatic carbocycles. The number of hydrogen-bond acceptors (Lipinski definition) is 4. The van der Waals surface area contributed by atoms with Crippen LogP contribution in [0.5, 0.6) is 0 Å². The summed E-state index contributed by atoms with van der Waals surface area (Å²) in [6.07, 6.45) is 2.66. The first kappa shape index (κ1) is 12.7. The van der Waals surface area contributed by atoms with Crippen LogP contribution in [-0.4, -0.2) is 11.5 Å². The maximum absolute atomic E-state index is 6.14. The Balaban J connectivity index is 1.82. The van der Waals surface area contributed by atoms with Crippen molar-refractivity contribution >= 4 is 32.9 Å². The summed E-state index contributed by atoms with van der Waals surface area (Å²) in [5.74, 6) is 0.728. The summed E-state index contributed by atoms with van der Waals surface area (Å²) >= 11 is 1.70. The van der Waals surface area contributed by atoms with Gasteiger partial charge in [-0.05, 0) is 43.2 Å². The molecule has 3 nitrogen and oxygen atoms in total. The first-order valence-corrected chi connectivity index (χ1v) is 7.72. The third-order valence-electron chi connectivity index (χ3n) is 4.41. The standard InChI is InChI=1S/C15H21N3S/c1-9(2)15(4-5-15)8-17-12-7-13-14(6-11(12)16)19-10(3)18-13/h6-7,9,17H,4-5,8,16H2,1-3H3.